The van der Waals surface area contributed by atoms with Gasteiger partial charge in [0.15, 0.2) is 0 Å². The van der Waals surface area contributed by atoms with Gasteiger partial charge in [-0.2, -0.15) is 0 Å². The Morgan fingerprint density at radius 2 is 2.00 bits per heavy atom. The maximum Gasteiger partial charge on any atom is 0.226 e. The van der Waals surface area contributed by atoms with Crippen molar-refractivity contribution in [2.24, 2.45) is 5.92 Å². The number of nitrogens with zero attached hydrogens (tertiary/aromatic N) is 2. The fourth-order valence-corrected chi connectivity index (χ4v) is 5.29. The van der Waals surface area contributed by atoms with Crippen LogP contribution in [0.3, 0.4) is 0 Å². The van der Waals surface area contributed by atoms with E-state index in [-0.39, 0.29) is 5.91 Å². The van der Waals surface area contributed by atoms with E-state index in [1.54, 1.807) is 7.11 Å². The predicted octanol–water partition coefficient (Wildman–Crippen LogP) is 3.05. The summed E-state index contributed by atoms with van der Waals surface area (Å²) in [7, 11) is 1.74. The molecule has 0 unspecified atom stereocenters. The van der Waals surface area contributed by atoms with Crippen molar-refractivity contribution in [3.05, 3.63) is 42.0 Å². The number of piperidine rings is 3. The molecule has 1 aromatic carbocycles. The quantitative estimate of drug-likeness (QED) is 0.790. The number of hydrogen-bond acceptors (Lipinski definition) is 3. The smallest absolute Gasteiger partial charge is 0.226 e. The molecule has 5 rings (SSSR count). The summed E-state index contributed by atoms with van der Waals surface area (Å²) >= 11 is 0. The molecule has 0 radical (unpaired) electrons. The van der Waals surface area contributed by atoms with Crippen LogP contribution in [-0.4, -0.2) is 54.5 Å². The lowest BCUT2D eigenvalue weighted by molar-refractivity contribution is -0.135. The van der Waals surface area contributed by atoms with Crippen LogP contribution < -0.4 is 4.74 Å². The van der Waals surface area contributed by atoms with Gasteiger partial charge in [-0.25, -0.2) is 0 Å². The number of hydrogen-bond donors (Lipinski definition) is 0. The molecule has 4 heteroatoms. The minimum absolute atomic E-state index is 0.277. The second-order valence-electron chi connectivity index (χ2n) is 7.52. The standard InChI is InChI=1S/C21H28N2O2/c1-3-4-9-19(24)23-14-17(16-7-5-6-8-18(16)25-2)21-20(23)15-10-12-22(21)13-11-15/h3-8,15,17,20-21H,9-14H2,1-2H3/t17-,20+,21+/m0/s1. The van der Waals surface area contributed by atoms with E-state index in [0.717, 1.165) is 12.3 Å². The van der Waals surface area contributed by atoms with Crippen molar-refractivity contribution in [3.8, 4) is 5.75 Å². The van der Waals surface area contributed by atoms with Gasteiger partial charge in [0.2, 0.25) is 5.91 Å². The molecule has 0 saturated carbocycles. The van der Waals surface area contributed by atoms with Crippen molar-refractivity contribution in [3.63, 3.8) is 0 Å². The van der Waals surface area contributed by atoms with E-state index in [1.807, 2.05) is 31.2 Å². The zero-order chi connectivity index (χ0) is 17.4. The van der Waals surface area contributed by atoms with Crippen LogP contribution >= 0.6 is 0 Å². The Bertz CT molecular complexity index is 664. The minimum Gasteiger partial charge on any atom is -0.496 e. The zero-order valence-electron chi connectivity index (χ0n) is 15.2. The summed E-state index contributed by atoms with van der Waals surface area (Å²) < 4.78 is 5.65. The normalized spacial score (nSPS) is 33.7. The molecule has 4 aliphatic heterocycles. The number of para-hydroxylation sites is 1. The average Bonchev–Trinajstić information content (AvgIpc) is 3.09. The van der Waals surface area contributed by atoms with Gasteiger partial charge in [-0.05, 0) is 44.8 Å². The van der Waals surface area contributed by atoms with Gasteiger partial charge in [-0.1, -0.05) is 30.4 Å². The predicted molar refractivity (Wildman–Crippen MR) is 98.8 cm³/mol. The van der Waals surface area contributed by atoms with E-state index in [4.69, 9.17) is 4.74 Å². The van der Waals surface area contributed by atoms with Gasteiger partial charge in [-0.15, -0.1) is 0 Å². The zero-order valence-corrected chi connectivity index (χ0v) is 15.2. The largest absolute Gasteiger partial charge is 0.496 e. The Hall–Kier alpha value is -1.81. The van der Waals surface area contributed by atoms with Gasteiger partial charge < -0.3 is 9.64 Å². The number of fused-ring (bicyclic) bond motifs is 2. The molecule has 134 valence electrons. The highest BCUT2D eigenvalue weighted by Gasteiger charge is 2.54. The molecule has 0 aliphatic carbocycles. The molecule has 4 aliphatic rings. The van der Waals surface area contributed by atoms with Gasteiger partial charge in [-0.3, -0.25) is 9.69 Å². The first-order valence-electron chi connectivity index (χ1n) is 9.52. The first-order chi connectivity index (χ1) is 12.2. The Kier molecular flexibility index (Phi) is 4.55. The summed E-state index contributed by atoms with van der Waals surface area (Å²) in [6.45, 7) is 5.15. The third-order valence-corrected chi connectivity index (χ3v) is 6.38. The number of methoxy groups -OCH3 is 1. The first-order valence-corrected chi connectivity index (χ1v) is 9.52. The van der Waals surface area contributed by atoms with Crippen LogP contribution in [0.15, 0.2) is 36.4 Å². The van der Waals surface area contributed by atoms with Crippen LogP contribution in [0.1, 0.15) is 37.7 Å². The van der Waals surface area contributed by atoms with Crippen LogP contribution in [0.5, 0.6) is 5.75 Å². The SMILES string of the molecule is CC=CCC(=O)N1C[C@@H](c2ccccc2OC)[C@@H]2[C@H]1C1CCN2CC1. The number of likely N-dealkylation sites (tertiary alicyclic amines) is 1. The molecular formula is C21H28N2O2. The monoisotopic (exact) mass is 340 g/mol. The fourth-order valence-electron chi connectivity index (χ4n) is 5.29. The van der Waals surface area contributed by atoms with Crippen molar-refractivity contribution in [1.29, 1.82) is 0 Å². The van der Waals surface area contributed by atoms with E-state index < -0.39 is 0 Å². The molecule has 0 N–H and O–H groups in total. The summed E-state index contributed by atoms with van der Waals surface area (Å²) in [6, 6.07) is 9.16. The molecule has 0 aromatic heterocycles. The van der Waals surface area contributed by atoms with Crippen LogP contribution in [0.25, 0.3) is 0 Å². The molecular weight excluding hydrogens is 312 g/mol. The maximum atomic E-state index is 12.9. The lowest BCUT2D eigenvalue weighted by Gasteiger charge is -2.51. The summed E-state index contributed by atoms with van der Waals surface area (Å²) in [5, 5.41) is 0. The van der Waals surface area contributed by atoms with Crippen molar-refractivity contribution < 1.29 is 9.53 Å². The number of rotatable bonds is 4. The third-order valence-electron chi connectivity index (χ3n) is 6.38. The van der Waals surface area contributed by atoms with Gasteiger partial charge in [0.1, 0.15) is 5.75 Å². The highest BCUT2D eigenvalue weighted by atomic mass is 16.5. The first kappa shape index (κ1) is 16.6. The average molecular weight is 340 g/mol. The number of amides is 1. The molecule has 4 fully saturated rings. The molecule has 1 aromatic rings. The number of benzene rings is 1. The van der Waals surface area contributed by atoms with Crippen LogP contribution in [-0.2, 0) is 4.79 Å². The van der Waals surface area contributed by atoms with E-state index in [1.165, 1.54) is 31.5 Å². The molecule has 4 saturated heterocycles. The lowest BCUT2D eigenvalue weighted by atomic mass is 9.75. The summed E-state index contributed by atoms with van der Waals surface area (Å²) in [5.74, 6) is 2.24. The molecule has 25 heavy (non-hydrogen) atoms. The Morgan fingerprint density at radius 1 is 1.24 bits per heavy atom. The van der Waals surface area contributed by atoms with Gasteiger partial charge in [0.25, 0.3) is 0 Å². The molecule has 3 atom stereocenters. The summed E-state index contributed by atoms with van der Waals surface area (Å²) in [4.78, 5) is 17.7. The summed E-state index contributed by atoms with van der Waals surface area (Å²) in [5.41, 5.74) is 1.26. The Balaban J connectivity index is 1.69. The van der Waals surface area contributed by atoms with Crippen LogP contribution in [0.4, 0.5) is 0 Å². The number of allylic oxidation sites excluding steroid dienone is 1. The van der Waals surface area contributed by atoms with E-state index in [9.17, 15) is 4.79 Å². The number of carbonyl (C=O) groups is 1. The Labute approximate surface area is 150 Å². The van der Waals surface area contributed by atoms with Crippen molar-refractivity contribution >= 4 is 5.91 Å². The molecule has 2 bridgehead atoms. The second kappa shape index (κ2) is 6.83. The number of ether oxygens (including phenoxy) is 1. The van der Waals surface area contributed by atoms with Crippen molar-refractivity contribution in [2.45, 2.75) is 44.2 Å². The highest BCUT2D eigenvalue weighted by Crippen LogP contribution is 2.48. The highest BCUT2D eigenvalue weighted by molar-refractivity contribution is 5.79. The number of carbonyl (C=O) groups excluding carboxylic acids is 1. The van der Waals surface area contributed by atoms with Crippen molar-refractivity contribution in [1.82, 2.24) is 9.80 Å². The summed E-state index contributed by atoms with van der Waals surface area (Å²) in [6.07, 6.45) is 6.93. The molecule has 0 spiro atoms. The van der Waals surface area contributed by atoms with Crippen molar-refractivity contribution in [2.75, 3.05) is 26.7 Å². The van der Waals surface area contributed by atoms with Crippen LogP contribution in [0.2, 0.25) is 0 Å². The van der Waals surface area contributed by atoms with E-state index in [2.05, 4.69) is 21.9 Å². The van der Waals surface area contributed by atoms with Gasteiger partial charge >= 0.3 is 0 Å². The third kappa shape index (κ3) is 2.77. The molecule has 4 heterocycles. The maximum absolute atomic E-state index is 12.9. The van der Waals surface area contributed by atoms with Gasteiger partial charge in [0, 0.05) is 30.5 Å². The lowest BCUT2D eigenvalue weighted by Crippen LogP contribution is -2.60. The Morgan fingerprint density at radius 3 is 2.72 bits per heavy atom. The fraction of sp³-hybridized carbons (Fsp3) is 0.571. The second-order valence-corrected chi connectivity index (χ2v) is 7.52. The van der Waals surface area contributed by atoms with Gasteiger partial charge in [0.05, 0.1) is 13.2 Å². The topological polar surface area (TPSA) is 32.8 Å². The molecule has 4 nitrogen and oxygen atoms in total. The van der Waals surface area contributed by atoms with E-state index in [0.29, 0.717) is 30.3 Å². The molecule has 1 amide bonds. The van der Waals surface area contributed by atoms with Crippen LogP contribution in [0, 0.1) is 5.92 Å². The minimum atomic E-state index is 0.277. The van der Waals surface area contributed by atoms with E-state index >= 15 is 0 Å².